The number of aryl methyl sites for hydroxylation is 2. The summed E-state index contributed by atoms with van der Waals surface area (Å²) < 4.78 is 27.9. The lowest BCUT2D eigenvalue weighted by molar-refractivity contribution is -0.129. The number of benzene rings is 2. The Morgan fingerprint density at radius 1 is 0.971 bits per heavy atom. The predicted octanol–water partition coefficient (Wildman–Crippen LogP) is 2.98. The topological polar surface area (TPSA) is 99.3 Å². The summed E-state index contributed by atoms with van der Waals surface area (Å²) in [7, 11) is -3.56. The van der Waals surface area contributed by atoms with Gasteiger partial charge in [-0.05, 0) is 48.9 Å². The minimum absolute atomic E-state index is 0.0399. The quantitative estimate of drug-likeness (QED) is 0.526. The molecule has 0 bridgehead atoms. The lowest BCUT2D eigenvalue weighted by Crippen LogP contribution is -2.51. The summed E-state index contributed by atoms with van der Waals surface area (Å²) in [5, 5.41) is 7.60. The maximum atomic E-state index is 13.2. The second-order valence-electron chi connectivity index (χ2n) is 8.54. The summed E-state index contributed by atoms with van der Waals surface area (Å²) in [6, 6.07) is 15.2. The molecular formula is C24H27N5O3S2. The number of aromatic amines is 1. The maximum absolute atomic E-state index is 13.2. The summed E-state index contributed by atoms with van der Waals surface area (Å²) in [6.45, 7) is 1.36. The van der Waals surface area contributed by atoms with Gasteiger partial charge < -0.3 is 4.90 Å². The van der Waals surface area contributed by atoms with E-state index in [9.17, 15) is 13.2 Å². The first-order chi connectivity index (χ1) is 16.5. The first-order valence-corrected chi connectivity index (χ1v) is 13.9. The van der Waals surface area contributed by atoms with Crippen LogP contribution in [0.4, 0.5) is 0 Å². The van der Waals surface area contributed by atoms with Crippen LogP contribution in [0.15, 0.2) is 58.6 Å². The van der Waals surface area contributed by atoms with E-state index in [1.165, 1.54) is 21.6 Å². The van der Waals surface area contributed by atoms with Gasteiger partial charge >= 0.3 is 0 Å². The molecule has 1 aliphatic carbocycles. The number of thioether (sulfide) groups is 1. The monoisotopic (exact) mass is 497 g/mol. The number of amides is 1. The molecule has 5 rings (SSSR count). The second-order valence-corrected chi connectivity index (χ2v) is 11.4. The number of hydrogen-bond acceptors (Lipinski definition) is 6. The molecule has 1 N–H and O–H groups in total. The van der Waals surface area contributed by atoms with Crippen LogP contribution in [0.1, 0.15) is 24.0 Å². The highest BCUT2D eigenvalue weighted by Crippen LogP contribution is 2.26. The molecule has 0 saturated carbocycles. The highest BCUT2D eigenvalue weighted by atomic mass is 32.2. The molecule has 2 heterocycles. The van der Waals surface area contributed by atoms with E-state index >= 15 is 0 Å². The molecule has 0 unspecified atom stereocenters. The van der Waals surface area contributed by atoms with Gasteiger partial charge in [-0.15, -0.1) is 5.10 Å². The number of rotatable bonds is 6. The minimum atomic E-state index is -3.56. The van der Waals surface area contributed by atoms with Crippen molar-refractivity contribution in [3.05, 3.63) is 59.7 Å². The Bertz CT molecular complexity index is 1270. The van der Waals surface area contributed by atoms with Gasteiger partial charge in [0.2, 0.25) is 21.1 Å². The van der Waals surface area contributed by atoms with Crippen molar-refractivity contribution in [2.45, 2.75) is 35.7 Å². The van der Waals surface area contributed by atoms with Crippen molar-refractivity contribution >= 4 is 27.7 Å². The summed E-state index contributed by atoms with van der Waals surface area (Å²) in [6.07, 6.45) is 4.24. The molecule has 0 radical (unpaired) electrons. The number of hydrogen-bond donors (Lipinski definition) is 1. The van der Waals surface area contributed by atoms with Crippen LogP contribution < -0.4 is 0 Å². The van der Waals surface area contributed by atoms with Crippen molar-refractivity contribution in [1.29, 1.82) is 0 Å². The van der Waals surface area contributed by atoms with Gasteiger partial charge in [-0.2, -0.15) is 4.31 Å². The highest BCUT2D eigenvalue weighted by molar-refractivity contribution is 7.99. The van der Waals surface area contributed by atoms with Gasteiger partial charge in [-0.3, -0.25) is 9.89 Å². The van der Waals surface area contributed by atoms with Crippen molar-refractivity contribution < 1.29 is 13.2 Å². The van der Waals surface area contributed by atoms with Gasteiger partial charge in [-0.25, -0.2) is 13.4 Å². The molecule has 178 valence electrons. The number of aromatic nitrogens is 3. The third-order valence-corrected chi connectivity index (χ3v) is 9.11. The third kappa shape index (κ3) is 4.89. The molecular weight excluding hydrogens is 470 g/mol. The van der Waals surface area contributed by atoms with E-state index in [0.29, 0.717) is 42.1 Å². The Morgan fingerprint density at radius 3 is 2.47 bits per heavy atom. The van der Waals surface area contributed by atoms with Crippen LogP contribution >= 0.6 is 11.8 Å². The molecule has 2 aromatic carbocycles. The molecule has 2 aliphatic rings. The Morgan fingerprint density at radius 2 is 1.71 bits per heavy atom. The van der Waals surface area contributed by atoms with Crippen molar-refractivity contribution in [3.63, 3.8) is 0 Å². The predicted molar refractivity (Wildman–Crippen MR) is 131 cm³/mol. The molecule has 1 amide bonds. The molecule has 1 aromatic heterocycles. The van der Waals surface area contributed by atoms with Crippen LogP contribution in [0.25, 0.3) is 11.4 Å². The molecule has 10 heteroatoms. The van der Waals surface area contributed by atoms with Crippen molar-refractivity contribution in [3.8, 4) is 11.4 Å². The average molecular weight is 498 g/mol. The van der Waals surface area contributed by atoms with Crippen LogP contribution in [0.2, 0.25) is 0 Å². The number of nitrogens with one attached hydrogen (secondary N) is 1. The van der Waals surface area contributed by atoms with E-state index in [-0.39, 0.29) is 11.7 Å². The Kier molecular flexibility index (Phi) is 6.71. The van der Waals surface area contributed by atoms with E-state index < -0.39 is 10.0 Å². The number of sulfonamides is 1. The zero-order valence-electron chi connectivity index (χ0n) is 18.8. The number of H-pyrrole nitrogens is 1. The molecule has 34 heavy (non-hydrogen) atoms. The van der Waals surface area contributed by atoms with E-state index in [1.54, 1.807) is 11.0 Å². The number of fused-ring (bicyclic) bond motifs is 1. The molecule has 0 atom stereocenters. The van der Waals surface area contributed by atoms with Gasteiger partial charge in [0.25, 0.3) is 0 Å². The summed E-state index contributed by atoms with van der Waals surface area (Å²) in [5.41, 5.74) is 3.35. The number of carbonyl (C=O) groups excluding carboxylic acids is 1. The fourth-order valence-corrected chi connectivity index (χ4v) is 6.63. The number of carbonyl (C=O) groups is 1. The van der Waals surface area contributed by atoms with Crippen molar-refractivity contribution in [1.82, 2.24) is 24.4 Å². The molecule has 1 saturated heterocycles. The standard InChI is InChI=1S/C24H27N5O3S2/c30-22(17-33-24-25-23(26-27-24)19-7-2-1-3-8-19)28-12-14-29(15-13-28)34(31,32)21-11-10-18-6-4-5-9-20(18)16-21/h1-3,7-8,10-11,16H,4-6,9,12-15,17H2,(H,25,26,27). The third-order valence-electron chi connectivity index (χ3n) is 6.39. The second kappa shape index (κ2) is 9.89. The Hall–Kier alpha value is -2.69. The van der Waals surface area contributed by atoms with Crippen molar-refractivity contribution in [2.24, 2.45) is 0 Å². The van der Waals surface area contributed by atoms with Crippen LogP contribution in [-0.2, 0) is 27.7 Å². The molecule has 3 aromatic rings. The first kappa shape index (κ1) is 23.1. The normalized spacial score (nSPS) is 16.9. The zero-order valence-corrected chi connectivity index (χ0v) is 20.4. The molecule has 0 spiro atoms. The van der Waals surface area contributed by atoms with Gasteiger partial charge in [0.15, 0.2) is 5.82 Å². The summed E-state index contributed by atoms with van der Waals surface area (Å²) in [4.78, 5) is 19.2. The highest BCUT2D eigenvalue weighted by Gasteiger charge is 2.30. The average Bonchev–Trinajstić information content (AvgIpc) is 3.37. The van der Waals surface area contributed by atoms with E-state index in [0.717, 1.165) is 36.8 Å². The maximum Gasteiger partial charge on any atom is 0.243 e. The molecule has 1 aliphatic heterocycles. The Labute approximate surface area is 203 Å². The zero-order chi connectivity index (χ0) is 23.5. The van der Waals surface area contributed by atoms with E-state index in [4.69, 9.17) is 0 Å². The number of piperazine rings is 1. The largest absolute Gasteiger partial charge is 0.339 e. The lowest BCUT2D eigenvalue weighted by Gasteiger charge is -2.34. The summed E-state index contributed by atoms with van der Waals surface area (Å²) in [5.74, 6) is 0.836. The minimum Gasteiger partial charge on any atom is -0.339 e. The van der Waals surface area contributed by atoms with Crippen LogP contribution in [0.3, 0.4) is 0 Å². The van der Waals surface area contributed by atoms with E-state index in [1.807, 2.05) is 42.5 Å². The van der Waals surface area contributed by atoms with Gasteiger partial charge in [-0.1, -0.05) is 48.2 Å². The molecule has 1 fully saturated rings. The van der Waals surface area contributed by atoms with Crippen molar-refractivity contribution in [2.75, 3.05) is 31.9 Å². The lowest BCUT2D eigenvalue weighted by atomic mass is 9.92. The number of nitrogens with zero attached hydrogens (tertiary/aromatic N) is 4. The SMILES string of the molecule is O=C(CSc1n[nH]c(-c2ccccc2)n1)N1CCN(S(=O)(=O)c2ccc3c(c2)CCCC3)CC1. The smallest absolute Gasteiger partial charge is 0.243 e. The first-order valence-electron chi connectivity index (χ1n) is 11.5. The van der Waals surface area contributed by atoms with Crippen LogP contribution in [0, 0.1) is 0 Å². The van der Waals surface area contributed by atoms with Crippen LogP contribution in [0.5, 0.6) is 0 Å². The Balaban J connectivity index is 1.15. The fourth-order valence-electron chi connectivity index (χ4n) is 4.45. The van der Waals surface area contributed by atoms with Gasteiger partial charge in [0.1, 0.15) is 0 Å². The van der Waals surface area contributed by atoms with Crippen LogP contribution in [-0.4, -0.2) is 70.6 Å². The van der Waals surface area contributed by atoms with E-state index in [2.05, 4.69) is 15.2 Å². The van der Waals surface area contributed by atoms with Gasteiger partial charge in [0, 0.05) is 31.7 Å². The summed E-state index contributed by atoms with van der Waals surface area (Å²) >= 11 is 1.28. The van der Waals surface area contributed by atoms with Gasteiger partial charge in [0.05, 0.1) is 10.6 Å². The fraction of sp³-hybridized carbons (Fsp3) is 0.375. The molecule has 8 nitrogen and oxygen atoms in total.